The van der Waals surface area contributed by atoms with Crippen molar-refractivity contribution < 1.29 is 17.9 Å². The lowest BCUT2D eigenvalue weighted by Gasteiger charge is -2.15. The molecule has 2 aromatic heterocycles. The van der Waals surface area contributed by atoms with E-state index in [1.165, 1.54) is 43.5 Å². The fourth-order valence-corrected chi connectivity index (χ4v) is 5.17. The molecule has 8 nitrogen and oxygen atoms in total. The first-order chi connectivity index (χ1) is 15.6. The molecule has 2 aromatic carbocycles. The minimum atomic E-state index is -3.97. The van der Waals surface area contributed by atoms with Gasteiger partial charge in [-0.15, -0.1) is 0 Å². The van der Waals surface area contributed by atoms with Crippen molar-refractivity contribution in [1.29, 1.82) is 0 Å². The van der Waals surface area contributed by atoms with E-state index >= 15 is 0 Å². The van der Waals surface area contributed by atoms with E-state index in [2.05, 4.69) is 20.0 Å². The highest BCUT2D eigenvalue weighted by Gasteiger charge is 2.20. The lowest BCUT2D eigenvalue weighted by atomic mass is 10.1. The Morgan fingerprint density at radius 1 is 1.15 bits per heavy atom. The zero-order valence-corrected chi connectivity index (χ0v) is 19.3. The van der Waals surface area contributed by atoms with Gasteiger partial charge in [-0.2, -0.15) is 0 Å². The number of aliphatic hydroxyl groups is 1. The first-order valence-corrected chi connectivity index (χ1v) is 11.8. The Labute approximate surface area is 197 Å². The van der Waals surface area contributed by atoms with Crippen LogP contribution in [0.3, 0.4) is 0 Å². The second kappa shape index (κ2) is 8.88. The van der Waals surface area contributed by atoms with Gasteiger partial charge in [-0.3, -0.25) is 4.79 Å². The topological polar surface area (TPSA) is 124 Å². The number of fused-ring (bicyclic) bond motifs is 3. The minimum absolute atomic E-state index is 0.0149. The average Bonchev–Trinajstić information content (AvgIpc) is 2.75. The monoisotopic (exact) mass is 510 g/mol. The first kappa shape index (κ1) is 23.4. The van der Waals surface area contributed by atoms with E-state index in [1.54, 1.807) is 6.07 Å². The second-order valence-electron chi connectivity index (χ2n) is 7.31. The molecule has 0 spiro atoms. The Balaban J connectivity index is 1.83. The number of hydrogen-bond acceptors (Lipinski definition) is 6. The fourth-order valence-electron chi connectivity index (χ4n) is 3.28. The number of aromatic amines is 1. The maximum atomic E-state index is 13.8. The van der Waals surface area contributed by atoms with Crippen LogP contribution in [0.15, 0.2) is 52.3 Å². The van der Waals surface area contributed by atoms with Crippen LogP contribution in [0, 0.1) is 5.82 Å². The maximum Gasteiger partial charge on any atom is 0.256 e. The van der Waals surface area contributed by atoms with Crippen molar-refractivity contribution in [1.82, 2.24) is 14.7 Å². The van der Waals surface area contributed by atoms with Crippen LogP contribution >= 0.6 is 23.2 Å². The molecule has 12 heteroatoms. The summed E-state index contributed by atoms with van der Waals surface area (Å²) in [7, 11) is -3.97. The lowest BCUT2D eigenvalue weighted by Crippen LogP contribution is -2.30. The zero-order chi connectivity index (χ0) is 23.9. The van der Waals surface area contributed by atoms with Crippen molar-refractivity contribution in [2.24, 2.45) is 0 Å². The van der Waals surface area contributed by atoms with Gasteiger partial charge in [0.1, 0.15) is 11.6 Å². The second-order valence-corrected chi connectivity index (χ2v) is 9.89. The molecule has 0 saturated carbocycles. The third-order valence-corrected chi connectivity index (χ3v) is 6.81. The van der Waals surface area contributed by atoms with Crippen LogP contribution in [0.5, 0.6) is 0 Å². The van der Waals surface area contributed by atoms with E-state index in [1.807, 2.05) is 0 Å². The highest BCUT2D eigenvalue weighted by Crippen LogP contribution is 2.37. The van der Waals surface area contributed by atoms with Gasteiger partial charge in [0, 0.05) is 23.5 Å². The van der Waals surface area contributed by atoms with Gasteiger partial charge >= 0.3 is 0 Å². The quantitative estimate of drug-likeness (QED) is 0.291. The molecule has 0 amide bonds. The van der Waals surface area contributed by atoms with Gasteiger partial charge in [-0.05, 0) is 43.3 Å². The molecule has 172 valence electrons. The number of anilines is 2. The molecule has 33 heavy (non-hydrogen) atoms. The third kappa shape index (κ3) is 4.66. The standard InChI is InChI=1S/C21H17Cl2FN4O4S/c1-10(29)9-26-33(31,32)12-7-15(22)19(16(23)8-12)28-20-13-4-5-25-21(30)18(13)14-6-11(24)2-3-17(14)27-20/h2-8,10,26,29H,9H2,1H3,(H,25,30)(H,27,28)/t10-/m1/s1. The largest absolute Gasteiger partial charge is 0.392 e. The number of rotatable bonds is 6. The minimum Gasteiger partial charge on any atom is -0.392 e. The van der Waals surface area contributed by atoms with E-state index < -0.39 is 27.5 Å². The number of hydrogen-bond donors (Lipinski definition) is 4. The Hall–Kier alpha value is -2.76. The highest BCUT2D eigenvalue weighted by molar-refractivity contribution is 7.89. The van der Waals surface area contributed by atoms with Gasteiger partial charge in [0.15, 0.2) is 0 Å². The van der Waals surface area contributed by atoms with Gasteiger partial charge in [0.25, 0.3) is 5.56 Å². The van der Waals surface area contributed by atoms with Crippen molar-refractivity contribution >= 4 is 66.4 Å². The van der Waals surface area contributed by atoms with Crippen molar-refractivity contribution in [3.05, 3.63) is 68.8 Å². The smallest absolute Gasteiger partial charge is 0.256 e. The first-order valence-electron chi connectivity index (χ1n) is 9.61. The molecule has 0 saturated heterocycles. The predicted molar refractivity (Wildman–Crippen MR) is 126 cm³/mol. The molecule has 4 N–H and O–H groups in total. The molecule has 0 fully saturated rings. The summed E-state index contributed by atoms with van der Waals surface area (Å²) < 4.78 is 41.0. The van der Waals surface area contributed by atoms with E-state index in [9.17, 15) is 22.7 Å². The Morgan fingerprint density at radius 3 is 2.52 bits per heavy atom. The maximum absolute atomic E-state index is 13.8. The van der Waals surface area contributed by atoms with Crippen LogP contribution in [-0.2, 0) is 10.0 Å². The number of nitrogens with one attached hydrogen (secondary N) is 3. The number of aromatic nitrogens is 2. The molecule has 0 bridgehead atoms. The molecular formula is C21H17Cl2FN4O4S. The van der Waals surface area contributed by atoms with Gasteiger partial charge in [-0.25, -0.2) is 22.5 Å². The molecule has 4 aromatic rings. The fraction of sp³-hybridized carbons (Fsp3) is 0.143. The molecule has 1 atom stereocenters. The predicted octanol–water partition coefficient (Wildman–Crippen LogP) is 3.92. The van der Waals surface area contributed by atoms with Crippen molar-refractivity contribution in [3.8, 4) is 0 Å². The van der Waals surface area contributed by atoms with Gasteiger partial charge in [-0.1, -0.05) is 23.2 Å². The summed E-state index contributed by atoms with van der Waals surface area (Å²) in [5.41, 5.74) is 0.0941. The summed E-state index contributed by atoms with van der Waals surface area (Å²) in [6, 6.07) is 7.88. The molecule has 0 aliphatic carbocycles. The number of nitrogens with zero attached hydrogens (tertiary/aromatic N) is 1. The molecule has 0 aliphatic heterocycles. The van der Waals surface area contributed by atoms with E-state index in [-0.39, 0.29) is 38.4 Å². The summed E-state index contributed by atoms with van der Waals surface area (Å²) in [6.45, 7) is 1.26. The van der Waals surface area contributed by atoms with Gasteiger partial charge in [0.05, 0.1) is 37.6 Å². The molecule has 0 aliphatic rings. The summed E-state index contributed by atoms with van der Waals surface area (Å²) in [6.07, 6.45) is 0.547. The Kier molecular flexibility index (Phi) is 6.30. The van der Waals surface area contributed by atoms with E-state index in [4.69, 9.17) is 23.2 Å². The summed E-state index contributed by atoms with van der Waals surface area (Å²) >= 11 is 12.7. The van der Waals surface area contributed by atoms with Crippen molar-refractivity contribution in [2.75, 3.05) is 11.9 Å². The number of benzene rings is 2. The van der Waals surface area contributed by atoms with E-state index in [0.29, 0.717) is 16.3 Å². The van der Waals surface area contributed by atoms with Crippen LogP contribution in [0.25, 0.3) is 21.7 Å². The SMILES string of the molecule is C[C@@H](O)CNS(=O)(=O)c1cc(Cl)c(Nc2nc3ccc(F)cc3c3c(=O)[nH]ccc23)c(Cl)c1. The summed E-state index contributed by atoms with van der Waals surface area (Å²) in [4.78, 5) is 19.4. The molecule has 0 unspecified atom stereocenters. The van der Waals surface area contributed by atoms with Crippen LogP contribution in [0.1, 0.15) is 6.92 Å². The van der Waals surface area contributed by atoms with E-state index in [0.717, 1.165) is 0 Å². The highest BCUT2D eigenvalue weighted by atomic mass is 35.5. The summed E-state index contributed by atoms with van der Waals surface area (Å²) in [5, 5.41) is 13.2. The number of halogens is 3. The van der Waals surface area contributed by atoms with Crippen LogP contribution in [0.4, 0.5) is 15.9 Å². The zero-order valence-electron chi connectivity index (χ0n) is 17.0. The van der Waals surface area contributed by atoms with Crippen molar-refractivity contribution in [2.45, 2.75) is 17.9 Å². The molecule has 2 heterocycles. The lowest BCUT2D eigenvalue weighted by molar-refractivity contribution is 0.198. The Morgan fingerprint density at radius 2 is 1.85 bits per heavy atom. The normalized spacial score (nSPS) is 12.9. The number of pyridine rings is 2. The van der Waals surface area contributed by atoms with Crippen LogP contribution in [-0.4, -0.2) is 36.1 Å². The number of H-pyrrole nitrogens is 1. The summed E-state index contributed by atoms with van der Waals surface area (Å²) in [5.74, 6) is -0.288. The Bertz CT molecular complexity index is 1530. The average molecular weight is 511 g/mol. The number of aliphatic hydroxyl groups excluding tert-OH is 1. The number of sulfonamides is 1. The molecular weight excluding hydrogens is 494 g/mol. The van der Waals surface area contributed by atoms with Crippen molar-refractivity contribution in [3.63, 3.8) is 0 Å². The van der Waals surface area contributed by atoms with Gasteiger partial charge in [0.2, 0.25) is 10.0 Å². The molecule has 0 radical (unpaired) electrons. The van der Waals surface area contributed by atoms with Crippen LogP contribution < -0.4 is 15.6 Å². The van der Waals surface area contributed by atoms with Gasteiger partial charge < -0.3 is 15.4 Å². The van der Waals surface area contributed by atoms with Crippen LogP contribution in [0.2, 0.25) is 10.0 Å². The molecule has 4 rings (SSSR count). The third-order valence-electron chi connectivity index (χ3n) is 4.81.